The van der Waals surface area contributed by atoms with E-state index >= 15 is 0 Å². The molecular weight excluding hydrogens is 164 g/mol. The van der Waals surface area contributed by atoms with Gasteiger partial charge in [0, 0.05) is 5.75 Å². The Kier molecular flexibility index (Phi) is 3.41. The molecular formula is C6H12N2O2S. The van der Waals surface area contributed by atoms with E-state index in [9.17, 15) is 4.79 Å². The molecule has 1 atom stereocenters. The smallest absolute Gasteiger partial charge is 0.324 e. The Morgan fingerprint density at radius 3 is 2.55 bits per heavy atom. The van der Waals surface area contributed by atoms with E-state index < -0.39 is 11.5 Å². The van der Waals surface area contributed by atoms with Crippen LogP contribution in [0.2, 0.25) is 0 Å². The molecule has 0 radical (unpaired) electrons. The number of hydrogen-bond acceptors (Lipinski definition) is 4. The van der Waals surface area contributed by atoms with Gasteiger partial charge in [-0.3, -0.25) is 4.79 Å². The summed E-state index contributed by atoms with van der Waals surface area (Å²) in [5.74, 6) is -0.802. The van der Waals surface area contributed by atoms with Crippen molar-refractivity contribution in [1.29, 1.82) is 0 Å². The lowest BCUT2D eigenvalue weighted by Crippen LogP contribution is -2.47. The normalized spacial score (nSPS) is 15.5. The Labute approximate surface area is 69.6 Å². The Balaban J connectivity index is 3.92. The first-order valence-electron chi connectivity index (χ1n) is 2.95. The molecule has 0 aromatic heterocycles. The second kappa shape index (κ2) is 3.64. The van der Waals surface area contributed by atoms with Gasteiger partial charge in [0.05, 0.1) is 5.03 Å². The largest absolute Gasteiger partial charge is 0.480 e. The maximum atomic E-state index is 10.4. The molecule has 64 valence electrons. The predicted molar refractivity (Wildman–Crippen MR) is 46.0 cm³/mol. The van der Waals surface area contributed by atoms with Crippen LogP contribution >= 0.6 is 11.8 Å². The number of rotatable bonds is 4. The third-order valence-electron chi connectivity index (χ3n) is 1.05. The molecule has 4 nitrogen and oxygen atoms in total. The summed E-state index contributed by atoms with van der Waals surface area (Å²) in [5, 5.41) is 8.92. The summed E-state index contributed by atoms with van der Waals surface area (Å²) in [6.45, 7) is 4.85. The minimum atomic E-state index is -1.23. The first-order valence-corrected chi connectivity index (χ1v) is 3.94. The highest BCUT2D eigenvalue weighted by atomic mass is 32.2. The van der Waals surface area contributed by atoms with E-state index in [0.29, 0.717) is 5.03 Å². The minimum absolute atomic E-state index is 0.234. The fourth-order valence-electron chi connectivity index (χ4n) is 0.304. The summed E-state index contributed by atoms with van der Waals surface area (Å²) in [6, 6.07) is 0. The molecule has 0 rings (SSSR count). The van der Waals surface area contributed by atoms with Crippen LogP contribution in [0.5, 0.6) is 0 Å². The molecule has 0 aromatic rings. The molecule has 0 bridgehead atoms. The van der Waals surface area contributed by atoms with Crippen LogP contribution in [0.3, 0.4) is 0 Å². The number of nitrogens with two attached hydrogens (primary N) is 2. The second-order valence-corrected chi connectivity index (χ2v) is 3.58. The van der Waals surface area contributed by atoms with Gasteiger partial charge in [0.1, 0.15) is 5.54 Å². The van der Waals surface area contributed by atoms with Crippen LogP contribution in [0, 0.1) is 0 Å². The van der Waals surface area contributed by atoms with Gasteiger partial charge in [-0.15, -0.1) is 11.8 Å². The Hall–Kier alpha value is -0.680. The summed E-state index contributed by atoms with van der Waals surface area (Å²) >= 11 is 1.14. The quantitative estimate of drug-likeness (QED) is 0.559. The molecule has 0 spiro atoms. The highest BCUT2D eigenvalue weighted by molar-refractivity contribution is 8.03. The van der Waals surface area contributed by atoms with E-state index in [-0.39, 0.29) is 5.75 Å². The standard InChI is InChI=1S/C6H12N2O2S/c1-4(7)11-3-6(2,8)5(9)10/h1,3,7-8H2,2H3,(H,9,10)/t6-/m0/s1. The molecule has 0 aromatic carbocycles. The first-order chi connectivity index (χ1) is 4.86. The van der Waals surface area contributed by atoms with Gasteiger partial charge >= 0.3 is 5.97 Å². The fraction of sp³-hybridized carbons (Fsp3) is 0.500. The van der Waals surface area contributed by atoms with Crippen molar-refractivity contribution in [1.82, 2.24) is 0 Å². The zero-order valence-corrected chi connectivity index (χ0v) is 7.15. The third kappa shape index (κ3) is 3.90. The number of carboxylic acid groups (broad SMARTS) is 1. The number of carboxylic acids is 1. The van der Waals surface area contributed by atoms with Crippen LogP contribution < -0.4 is 11.5 Å². The Bertz CT molecular complexity index is 179. The molecule has 0 unspecified atom stereocenters. The van der Waals surface area contributed by atoms with Crippen molar-refractivity contribution in [2.75, 3.05) is 5.75 Å². The van der Waals surface area contributed by atoms with E-state index in [4.69, 9.17) is 16.6 Å². The van der Waals surface area contributed by atoms with Crippen LogP contribution in [-0.4, -0.2) is 22.4 Å². The lowest BCUT2D eigenvalue weighted by atomic mass is 10.1. The van der Waals surface area contributed by atoms with Crippen LogP contribution in [0.1, 0.15) is 6.92 Å². The number of hydrogen-bond donors (Lipinski definition) is 3. The van der Waals surface area contributed by atoms with Gasteiger partial charge in [0.2, 0.25) is 0 Å². The van der Waals surface area contributed by atoms with Gasteiger partial charge in [-0.2, -0.15) is 0 Å². The van der Waals surface area contributed by atoms with Crippen LogP contribution in [0.25, 0.3) is 0 Å². The van der Waals surface area contributed by atoms with E-state index in [1.807, 2.05) is 0 Å². The maximum Gasteiger partial charge on any atom is 0.324 e. The summed E-state index contributed by atoms with van der Waals surface area (Å²) in [4.78, 5) is 10.4. The molecule has 0 fully saturated rings. The predicted octanol–water partition coefficient (Wildman–Crippen LogP) is -0.0485. The van der Waals surface area contributed by atoms with Crippen molar-refractivity contribution in [2.24, 2.45) is 11.5 Å². The Morgan fingerprint density at radius 2 is 2.27 bits per heavy atom. The highest BCUT2D eigenvalue weighted by Gasteiger charge is 2.27. The molecule has 0 aliphatic carbocycles. The SMILES string of the molecule is C=C(N)SC[C@](C)(N)C(=O)O. The van der Waals surface area contributed by atoms with Crippen molar-refractivity contribution in [3.63, 3.8) is 0 Å². The Morgan fingerprint density at radius 1 is 1.82 bits per heavy atom. The molecule has 0 saturated heterocycles. The van der Waals surface area contributed by atoms with Gasteiger partial charge in [-0.25, -0.2) is 0 Å². The van der Waals surface area contributed by atoms with Gasteiger partial charge in [0.25, 0.3) is 0 Å². The average molecular weight is 176 g/mol. The zero-order valence-electron chi connectivity index (χ0n) is 6.33. The van der Waals surface area contributed by atoms with E-state index in [2.05, 4.69) is 6.58 Å². The monoisotopic (exact) mass is 176 g/mol. The third-order valence-corrected chi connectivity index (χ3v) is 2.16. The molecule has 0 saturated carbocycles. The topological polar surface area (TPSA) is 89.3 Å². The van der Waals surface area contributed by atoms with Gasteiger partial charge in [-0.1, -0.05) is 6.58 Å². The fourth-order valence-corrected chi connectivity index (χ4v) is 0.913. The molecule has 11 heavy (non-hydrogen) atoms. The molecule has 0 aliphatic heterocycles. The molecule has 5 N–H and O–H groups in total. The molecule has 0 heterocycles. The van der Waals surface area contributed by atoms with Crippen molar-refractivity contribution in [3.8, 4) is 0 Å². The van der Waals surface area contributed by atoms with Crippen molar-refractivity contribution >= 4 is 17.7 Å². The van der Waals surface area contributed by atoms with E-state index in [1.165, 1.54) is 6.92 Å². The van der Waals surface area contributed by atoms with Crippen molar-refractivity contribution < 1.29 is 9.90 Å². The second-order valence-electron chi connectivity index (χ2n) is 2.48. The highest BCUT2D eigenvalue weighted by Crippen LogP contribution is 2.14. The van der Waals surface area contributed by atoms with Crippen molar-refractivity contribution in [3.05, 3.63) is 11.6 Å². The number of thioether (sulfide) groups is 1. The van der Waals surface area contributed by atoms with E-state index in [0.717, 1.165) is 11.8 Å². The summed E-state index contributed by atoms with van der Waals surface area (Å²) in [5.41, 5.74) is 9.38. The van der Waals surface area contributed by atoms with Gasteiger partial charge in [0.15, 0.2) is 0 Å². The lowest BCUT2D eigenvalue weighted by Gasteiger charge is -2.17. The zero-order chi connectivity index (χ0) is 9.07. The first kappa shape index (κ1) is 10.3. The summed E-state index contributed by atoms with van der Waals surface area (Å²) in [7, 11) is 0. The molecule has 0 amide bonds. The van der Waals surface area contributed by atoms with Crippen molar-refractivity contribution in [2.45, 2.75) is 12.5 Å². The lowest BCUT2D eigenvalue weighted by molar-refractivity contribution is -0.141. The minimum Gasteiger partial charge on any atom is -0.480 e. The maximum absolute atomic E-state index is 10.4. The number of aliphatic carboxylic acids is 1. The average Bonchev–Trinajstić information content (AvgIpc) is 1.84. The van der Waals surface area contributed by atoms with Crippen LogP contribution in [0.15, 0.2) is 11.6 Å². The summed E-state index contributed by atoms with van der Waals surface area (Å²) < 4.78 is 0. The number of carbonyl (C=O) groups is 1. The molecule has 0 aliphatic rings. The molecule has 5 heteroatoms. The van der Waals surface area contributed by atoms with Gasteiger partial charge < -0.3 is 16.6 Å². The van der Waals surface area contributed by atoms with Gasteiger partial charge in [-0.05, 0) is 6.92 Å². The van der Waals surface area contributed by atoms with Crippen LogP contribution in [-0.2, 0) is 4.79 Å². The summed E-state index contributed by atoms with van der Waals surface area (Å²) in [6.07, 6.45) is 0. The van der Waals surface area contributed by atoms with Crippen LogP contribution in [0.4, 0.5) is 0 Å². The van der Waals surface area contributed by atoms with E-state index in [1.54, 1.807) is 0 Å².